The second-order valence-electron chi connectivity index (χ2n) is 7.97. The SMILES string of the molecule is Cc1ccc(C(C)NC(=O)CN2CCC(NC(=O)C3CC3)CC2)cc1C. The van der Waals surface area contributed by atoms with Crippen molar-refractivity contribution in [3.05, 3.63) is 34.9 Å². The highest BCUT2D eigenvalue weighted by molar-refractivity contribution is 5.81. The molecule has 0 aromatic heterocycles. The predicted octanol–water partition coefficient (Wildman–Crippen LogP) is 2.47. The highest BCUT2D eigenvalue weighted by Crippen LogP contribution is 2.29. The van der Waals surface area contributed by atoms with Crippen molar-refractivity contribution in [2.45, 2.75) is 58.5 Å². The summed E-state index contributed by atoms with van der Waals surface area (Å²) in [5.74, 6) is 0.560. The van der Waals surface area contributed by atoms with E-state index >= 15 is 0 Å². The molecule has 2 aliphatic rings. The van der Waals surface area contributed by atoms with Crippen LogP contribution in [0.15, 0.2) is 18.2 Å². The molecule has 1 aromatic carbocycles. The molecule has 0 radical (unpaired) electrons. The lowest BCUT2D eigenvalue weighted by Crippen LogP contribution is -2.47. The van der Waals surface area contributed by atoms with Gasteiger partial charge >= 0.3 is 0 Å². The van der Waals surface area contributed by atoms with E-state index in [1.54, 1.807) is 0 Å². The second kappa shape index (κ2) is 8.21. The molecule has 1 aliphatic carbocycles. The van der Waals surface area contributed by atoms with Gasteiger partial charge in [0, 0.05) is 25.0 Å². The summed E-state index contributed by atoms with van der Waals surface area (Å²) in [6, 6.07) is 6.62. The number of rotatable bonds is 6. The van der Waals surface area contributed by atoms with Gasteiger partial charge in [0.2, 0.25) is 11.8 Å². The average molecular weight is 357 g/mol. The molecule has 5 nitrogen and oxygen atoms in total. The predicted molar refractivity (Wildman–Crippen MR) is 103 cm³/mol. The number of amides is 2. The maximum atomic E-state index is 12.4. The van der Waals surface area contributed by atoms with Crippen LogP contribution in [-0.4, -0.2) is 42.4 Å². The highest BCUT2D eigenvalue weighted by atomic mass is 16.2. The smallest absolute Gasteiger partial charge is 0.234 e. The topological polar surface area (TPSA) is 61.4 Å². The first kappa shape index (κ1) is 18.9. The van der Waals surface area contributed by atoms with Gasteiger partial charge in [-0.1, -0.05) is 18.2 Å². The van der Waals surface area contributed by atoms with Crippen LogP contribution in [0.25, 0.3) is 0 Å². The number of likely N-dealkylation sites (tertiary alicyclic amines) is 1. The quantitative estimate of drug-likeness (QED) is 0.822. The number of carbonyl (C=O) groups excluding carboxylic acids is 2. The van der Waals surface area contributed by atoms with Gasteiger partial charge in [0.05, 0.1) is 12.6 Å². The summed E-state index contributed by atoms with van der Waals surface area (Å²) in [7, 11) is 0. The highest BCUT2D eigenvalue weighted by Gasteiger charge is 2.31. The van der Waals surface area contributed by atoms with Gasteiger partial charge in [-0.25, -0.2) is 0 Å². The Bertz CT molecular complexity index is 661. The van der Waals surface area contributed by atoms with Crippen LogP contribution in [0.3, 0.4) is 0 Å². The van der Waals surface area contributed by atoms with Gasteiger partial charge < -0.3 is 10.6 Å². The number of nitrogens with one attached hydrogen (secondary N) is 2. The Hall–Kier alpha value is -1.88. The molecule has 0 spiro atoms. The van der Waals surface area contributed by atoms with Crippen LogP contribution in [0.2, 0.25) is 0 Å². The fourth-order valence-electron chi connectivity index (χ4n) is 3.51. The third-order valence-electron chi connectivity index (χ3n) is 5.66. The molecule has 26 heavy (non-hydrogen) atoms. The van der Waals surface area contributed by atoms with Crippen molar-refractivity contribution in [3.8, 4) is 0 Å². The van der Waals surface area contributed by atoms with E-state index in [4.69, 9.17) is 0 Å². The Kier molecular flexibility index (Phi) is 5.97. The fraction of sp³-hybridized carbons (Fsp3) is 0.619. The molecule has 1 aromatic rings. The molecule has 1 heterocycles. The van der Waals surface area contributed by atoms with Gasteiger partial charge in [-0.2, -0.15) is 0 Å². The first-order chi connectivity index (χ1) is 12.4. The van der Waals surface area contributed by atoms with Crippen LogP contribution in [0.1, 0.15) is 55.3 Å². The van der Waals surface area contributed by atoms with Crippen molar-refractivity contribution in [3.63, 3.8) is 0 Å². The van der Waals surface area contributed by atoms with Crippen molar-refractivity contribution in [2.24, 2.45) is 5.92 Å². The van der Waals surface area contributed by atoms with Gasteiger partial charge in [-0.3, -0.25) is 14.5 Å². The van der Waals surface area contributed by atoms with E-state index in [0.29, 0.717) is 6.54 Å². The summed E-state index contributed by atoms with van der Waals surface area (Å²) in [6.45, 7) is 8.38. The van der Waals surface area contributed by atoms with Crippen LogP contribution in [0.5, 0.6) is 0 Å². The summed E-state index contributed by atoms with van der Waals surface area (Å²) in [5, 5.41) is 6.26. The van der Waals surface area contributed by atoms with Crippen molar-refractivity contribution in [2.75, 3.05) is 19.6 Å². The van der Waals surface area contributed by atoms with Crippen molar-refractivity contribution >= 4 is 11.8 Å². The molecule has 1 saturated carbocycles. The average Bonchev–Trinajstić information content (AvgIpc) is 3.44. The number of benzene rings is 1. The summed E-state index contributed by atoms with van der Waals surface area (Å²) >= 11 is 0. The molecule has 1 saturated heterocycles. The third kappa shape index (κ3) is 5.07. The number of aryl methyl sites for hydroxylation is 2. The fourth-order valence-corrected chi connectivity index (χ4v) is 3.51. The minimum absolute atomic E-state index is 0.0113. The molecular formula is C21H31N3O2. The number of piperidine rings is 1. The zero-order chi connectivity index (χ0) is 18.7. The third-order valence-corrected chi connectivity index (χ3v) is 5.66. The largest absolute Gasteiger partial charge is 0.353 e. The summed E-state index contributed by atoms with van der Waals surface area (Å²) in [5.41, 5.74) is 3.66. The van der Waals surface area contributed by atoms with E-state index in [0.717, 1.165) is 44.3 Å². The Morgan fingerprint density at radius 3 is 2.42 bits per heavy atom. The Morgan fingerprint density at radius 1 is 1.12 bits per heavy atom. The second-order valence-corrected chi connectivity index (χ2v) is 7.97. The normalized spacial score (nSPS) is 19.8. The van der Waals surface area contributed by atoms with Gasteiger partial charge in [-0.05, 0) is 63.1 Å². The first-order valence-electron chi connectivity index (χ1n) is 9.81. The van der Waals surface area contributed by atoms with Crippen molar-refractivity contribution < 1.29 is 9.59 Å². The van der Waals surface area contributed by atoms with Gasteiger partial charge in [0.25, 0.3) is 0 Å². The minimum atomic E-state index is 0.0113. The number of hydrogen-bond donors (Lipinski definition) is 2. The summed E-state index contributed by atoms with van der Waals surface area (Å²) in [4.78, 5) is 26.4. The van der Waals surface area contributed by atoms with Gasteiger partial charge in [-0.15, -0.1) is 0 Å². The molecule has 2 fully saturated rings. The molecule has 2 amide bonds. The summed E-state index contributed by atoms with van der Waals surface area (Å²) < 4.78 is 0. The van der Waals surface area contributed by atoms with Crippen LogP contribution in [0.4, 0.5) is 0 Å². The molecule has 5 heteroatoms. The monoisotopic (exact) mass is 357 g/mol. The molecule has 142 valence electrons. The molecule has 0 bridgehead atoms. The summed E-state index contributed by atoms with van der Waals surface area (Å²) in [6.07, 6.45) is 3.95. The Labute approximate surface area is 156 Å². The lowest BCUT2D eigenvalue weighted by atomic mass is 10.0. The molecule has 2 N–H and O–H groups in total. The van der Waals surface area contributed by atoms with E-state index in [-0.39, 0.29) is 29.8 Å². The molecular weight excluding hydrogens is 326 g/mol. The number of nitrogens with zero attached hydrogens (tertiary/aromatic N) is 1. The van der Waals surface area contributed by atoms with Crippen LogP contribution < -0.4 is 10.6 Å². The minimum Gasteiger partial charge on any atom is -0.353 e. The molecule has 1 unspecified atom stereocenters. The van der Waals surface area contributed by atoms with E-state index in [1.807, 2.05) is 6.92 Å². The maximum absolute atomic E-state index is 12.4. The first-order valence-corrected chi connectivity index (χ1v) is 9.81. The van der Waals surface area contributed by atoms with Crippen LogP contribution in [-0.2, 0) is 9.59 Å². The van der Waals surface area contributed by atoms with E-state index in [9.17, 15) is 9.59 Å². The zero-order valence-corrected chi connectivity index (χ0v) is 16.2. The lowest BCUT2D eigenvalue weighted by Gasteiger charge is -2.32. The van der Waals surface area contributed by atoms with E-state index < -0.39 is 0 Å². The van der Waals surface area contributed by atoms with Crippen LogP contribution in [0, 0.1) is 19.8 Å². The molecule has 1 aliphatic heterocycles. The van der Waals surface area contributed by atoms with E-state index in [2.05, 4.69) is 47.6 Å². The van der Waals surface area contributed by atoms with Crippen molar-refractivity contribution in [1.29, 1.82) is 0 Å². The van der Waals surface area contributed by atoms with Gasteiger partial charge in [0.15, 0.2) is 0 Å². The molecule has 1 atom stereocenters. The number of carbonyl (C=O) groups is 2. The number of hydrogen-bond acceptors (Lipinski definition) is 3. The van der Waals surface area contributed by atoms with Crippen molar-refractivity contribution in [1.82, 2.24) is 15.5 Å². The van der Waals surface area contributed by atoms with E-state index in [1.165, 1.54) is 11.1 Å². The Morgan fingerprint density at radius 2 is 1.81 bits per heavy atom. The zero-order valence-electron chi connectivity index (χ0n) is 16.2. The van der Waals surface area contributed by atoms with Crippen LogP contribution >= 0.6 is 0 Å². The molecule has 3 rings (SSSR count). The Balaban J connectivity index is 1.40. The standard InChI is InChI=1S/C21H31N3O2/c1-14-4-5-18(12-15(14)2)16(3)22-20(25)13-24-10-8-19(9-11-24)23-21(26)17-6-7-17/h4-5,12,16-17,19H,6-11,13H2,1-3H3,(H,22,25)(H,23,26). The lowest BCUT2D eigenvalue weighted by molar-refractivity contribution is -0.125. The van der Waals surface area contributed by atoms with Gasteiger partial charge in [0.1, 0.15) is 0 Å². The maximum Gasteiger partial charge on any atom is 0.234 e.